The molecule has 0 saturated carbocycles. The maximum Gasteiger partial charge on any atom is 0.126 e. The maximum absolute atomic E-state index is 7.81. The molecule has 19 heavy (non-hydrogen) atoms. The number of anilines is 1. The molecule has 0 amide bonds. The second-order valence-electron chi connectivity index (χ2n) is 4.85. The van der Waals surface area contributed by atoms with Gasteiger partial charge in [-0.05, 0) is 47.8 Å². The molecule has 1 unspecified atom stereocenters. The van der Waals surface area contributed by atoms with Crippen LogP contribution in [0.4, 0.5) is 5.69 Å². The van der Waals surface area contributed by atoms with E-state index in [1.165, 1.54) is 0 Å². The molecule has 0 heterocycles. The van der Waals surface area contributed by atoms with Gasteiger partial charge in [0.1, 0.15) is 5.84 Å². The van der Waals surface area contributed by atoms with Crippen LogP contribution in [-0.2, 0) is 0 Å². The fraction of sp³-hybridized carbons (Fsp3) is 0.533. The second-order valence-corrected chi connectivity index (χ2v) is 5.71. The van der Waals surface area contributed by atoms with Crippen molar-refractivity contribution in [3.63, 3.8) is 0 Å². The summed E-state index contributed by atoms with van der Waals surface area (Å²) in [5.74, 6) is 0.118. The first-order valence-corrected chi connectivity index (χ1v) is 7.71. The molecule has 4 heteroatoms. The summed E-state index contributed by atoms with van der Waals surface area (Å²) < 4.78 is 0.891. The zero-order valence-corrected chi connectivity index (χ0v) is 13.6. The van der Waals surface area contributed by atoms with Crippen molar-refractivity contribution in [3.8, 4) is 0 Å². The number of nitrogens with zero attached hydrogens (tertiary/aromatic N) is 1. The molecule has 0 spiro atoms. The van der Waals surface area contributed by atoms with Crippen LogP contribution in [0.2, 0.25) is 0 Å². The number of amidine groups is 1. The van der Waals surface area contributed by atoms with E-state index in [1.807, 2.05) is 12.1 Å². The van der Waals surface area contributed by atoms with Crippen molar-refractivity contribution in [1.82, 2.24) is 0 Å². The number of rotatable bonds is 7. The average molecular weight is 326 g/mol. The number of halogens is 1. The van der Waals surface area contributed by atoms with Crippen molar-refractivity contribution in [2.75, 3.05) is 11.4 Å². The normalized spacial score (nSPS) is 12.2. The van der Waals surface area contributed by atoms with Gasteiger partial charge in [0, 0.05) is 22.7 Å². The van der Waals surface area contributed by atoms with Crippen LogP contribution in [-0.4, -0.2) is 18.4 Å². The van der Waals surface area contributed by atoms with Crippen molar-refractivity contribution in [2.24, 2.45) is 5.73 Å². The van der Waals surface area contributed by atoms with Gasteiger partial charge in [0.25, 0.3) is 0 Å². The minimum atomic E-state index is 0.118. The van der Waals surface area contributed by atoms with Crippen LogP contribution in [0.15, 0.2) is 22.7 Å². The zero-order valence-electron chi connectivity index (χ0n) is 12.0. The number of unbranched alkanes of at least 4 members (excludes halogenated alkanes) is 1. The number of nitrogens with two attached hydrogens (primary N) is 1. The summed E-state index contributed by atoms with van der Waals surface area (Å²) in [4.78, 5) is 2.37. The van der Waals surface area contributed by atoms with Crippen LogP contribution in [0.5, 0.6) is 0 Å². The first-order valence-electron chi connectivity index (χ1n) is 6.92. The molecule has 0 radical (unpaired) electrons. The zero-order chi connectivity index (χ0) is 14.4. The Bertz CT molecular complexity index is 431. The van der Waals surface area contributed by atoms with Crippen molar-refractivity contribution < 1.29 is 0 Å². The molecule has 0 aromatic heterocycles. The van der Waals surface area contributed by atoms with Gasteiger partial charge in [-0.25, -0.2) is 0 Å². The number of nitrogens with one attached hydrogen (secondary N) is 1. The van der Waals surface area contributed by atoms with Crippen LogP contribution in [0.3, 0.4) is 0 Å². The van der Waals surface area contributed by atoms with Crippen LogP contribution >= 0.6 is 15.9 Å². The lowest BCUT2D eigenvalue weighted by atomic mass is 10.1. The highest BCUT2D eigenvalue weighted by Crippen LogP contribution is 2.29. The van der Waals surface area contributed by atoms with Gasteiger partial charge in [0.05, 0.1) is 5.56 Å². The SMILES string of the molecule is CCCCN(c1cccc(Br)c1C(=N)N)C(C)CC. The fourth-order valence-electron chi connectivity index (χ4n) is 2.15. The predicted molar refractivity (Wildman–Crippen MR) is 87.2 cm³/mol. The lowest BCUT2D eigenvalue weighted by Gasteiger charge is -2.32. The third-order valence-electron chi connectivity index (χ3n) is 3.45. The Hall–Kier alpha value is -1.03. The molecule has 0 aliphatic carbocycles. The second kappa shape index (κ2) is 7.53. The van der Waals surface area contributed by atoms with Gasteiger partial charge in [0.15, 0.2) is 0 Å². The Morgan fingerprint density at radius 1 is 1.42 bits per heavy atom. The van der Waals surface area contributed by atoms with Gasteiger partial charge in [-0.3, -0.25) is 5.41 Å². The quantitative estimate of drug-likeness (QED) is 0.584. The Morgan fingerprint density at radius 3 is 2.63 bits per heavy atom. The standard InChI is InChI=1S/C15H24BrN3/c1-4-6-10-19(11(3)5-2)13-9-7-8-12(16)14(13)15(17)18/h7-9,11H,4-6,10H2,1-3H3,(H3,17,18). The first kappa shape index (κ1) is 16.0. The molecule has 0 fully saturated rings. The van der Waals surface area contributed by atoms with Crippen LogP contribution < -0.4 is 10.6 Å². The Kier molecular flexibility index (Phi) is 6.35. The molecule has 106 valence electrons. The van der Waals surface area contributed by atoms with Crippen molar-refractivity contribution >= 4 is 27.5 Å². The number of hydrogen-bond donors (Lipinski definition) is 2. The lowest BCUT2D eigenvalue weighted by Crippen LogP contribution is -2.35. The van der Waals surface area contributed by atoms with Crippen molar-refractivity contribution in [3.05, 3.63) is 28.2 Å². The summed E-state index contributed by atoms with van der Waals surface area (Å²) in [5.41, 5.74) is 7.61. The predicted octanol–water partition coefficient (Wildman–Crippen LogP) is 4.14. The third-order valence-corrected chi connectivity index (χ3v) is 4.11. The van der Waals surface area contributed by atoms with Crippen molar-refractivity contribution in [1.29, 1.82) is 5.41 Å². The summed E-state index contributed by atoms with van der Waals surface area (Å²) in [6, 6.07) is 6.45. The van der Waals surface area contributed by atoms with E-state index in [0.717, 1.165) is 41.5 Å². The van der Waals surface area contributed by atoms with E-state index in [1.54, 1.807) is 0 Å². The molecule has 0 bridgehead atoms. The topological polar surface area (TPSA) is 53.1 Å². The number of nitrogen functional groups attached to an aromatic ring is 1. The van der Waals surface area contributed by atoms with E-state index in [2.05, 4.69) is 47.7 Å². The smallest absolute Gasteiger partial charge is 0.126 e. The molecule has 0 aliphatic rings. The summed E-state index contributed by atoms with van der Waals surface area (Å²) in [6.07, 6.45) is 3.39. The molecule has 1 aromatic carbocycles. The molecule has 3 N–H and O–H groups in total. The monoisotopic (exact) mass is 325 g/mol. The van der Waals surface area contributed by atoms with Crippen LogP contribution in [0.25, 0.3) is 0 Å². The summed E-state index contributed by atoms with van der Waals surface area (Å²) in [5, 5.41) is 7.81. The van der Waals surface area contributed by atoms with Crippen LogP contribution in [0, 0.1) is 5.41 Å². The van der Waals surface area contributed by atoms with Gasteiger partial charge < -0.3 is 10.6 Å². The summed E-state index contributed by atoms with van der Waals surface area (Å²) in [6.45, 7) is 7.61. The highest BCUT2D eigenvalue weighted by atomic mass is 79.9. The molecule has 0 aliphatic heterocycles. The summed E-state index contributed by atoms with van der Waals surface area (Å²) in [7, 11) is 0. The average Bonchev–Trinajstić information content (AvgIpc) is 2.38. The van der Waals surface area contributed by atoms with Gasteiger partial charge in [-0.15, -0.1) is 0 Å². The Labute approximate surface area is 124 Å². The van der Waals surface area contributed by atoms with Gasteiger partial charge in [-0.1, -0.05) is 26.3 Å². The summed E-state index contributed by atoms with van der Waals surface area (Å²) >= 11 is 3.51. The number of benzene rings is 1. The van der Waals surface area contributed by atoms with Crippen LogP contribution in [0.1, 0.15) is 45.6 Å². The van der Waals surface area contributed by atoms with E-state index in [-0.39, 0.29) is 5.84 Å². The molecule has 0 saturated heterocycles. The largest absolute Gasteiger partial charge is 0.384 e. The molecule has 1 rings (SSSR count). The Balaban J connectivity index is 3.21. The highest BCUT2D eigenvalue weighted by Gasteiger charge is 2.18. The van der Waals surface area contributed by atoms with E-state index in [9.17, 15) is 0 Å². The first-order chi connectivity index (χ1) is 9.02. The highest BCUT2D eigenvalue weighted by molar-refractivity contribution is 9.10. The van der Waals surface area contributed by atoms with E-state index >= 15 is 0 Å². The van der Waals surface area contributed by atoms with Gasteiger partial charge in [0.2, 0.25) is 0 Å². The minimum absolute atomic E-state index is 0.118. The van der Waals surface area contributed by atoms with E-state index < -0.39 is 0 Å². The maximum atomic E-state index is 7.81. The lowest BCUT2D eigenvalue weighted by molar-refractivity contribution is 0.595. The fourth-order valence-corrected chi connectivity index (χ4v) is 2.72. The van der Waals surface area contributed by atoms with Gasteiger partial charge >= 0.3 is 0 Å². The Morgan fingerprint density at radius 2 is 2.11 bits per heavy atom. The molecule has 1 aromatic rings. The van der Waals surface area contributed by atoms with E-state index in [0.29, 0.717) is 6.04 Å². The molecule has 1 atom stereocenters. The molecule has 3 nitrogen and oxygen atoms in total. The molecular weight excluding hydrogens is 302 g/mol. The number of hydrogen-bond acceptors (Lipinski definition) is 2. The van der Waals surface area contributed by atoms with E-state index in [4.69, 9.17) is 11.1 Å². The third kappa shape index (κ3) is 3.96. The van der Waals surface area contributed by atoms with Crippen molar-refractivity contribution in [2.45, 2.75) is 46.1 Å². The van der Waals surface area contributed by atoms with Gasteiger partial charge in [-0.2, -0.15) is 0 Å². The molecular formula is C15H24BrN3. The minimum Gasteiger partial charge on any atom is -0.384 e.